The molecule has 0 spiro atoms. The number of likely N-dealkylation sites (N-methyl/N-ethyl adjacent to an activating group) is 1. The van der Waals surface area contributed by atoms with Crippen molar-refractivity contribution in [2.75, 3.05) is 59.6 Å². The Bertz CT molecular complexity index is 355. The molecule has 0 aromatic rings. The van der Waals surface area contributed by atoms with Gasteiger partial charge >= 0.3 is 0 Å². The molecular weight excluding hydrogens is 292 g/mol. The van der Waals surface area contributed by atoms with Crippen LogP contribution >= 0.6 is 0 Å². The van der Waals surface area contributed by atoms with E-state index in [4.69, 9.17) is 9.47 Å². The number of ether oxygens (including phenoxy) is 2. The summed E-state index contributed by atoms with van der Waals surface area (Å²) in [5, 5.41) is 3.42. The molecule has 0 radical (unpaired) electrons. The molecule has 6 nitrogen and oxygen atoms in total. The summed E-state index contributed by atoms with van der Waals surface area (Å²) in [6, 6.07) is 0.652. The van der Waals surface area contributed by atoms with E-state index in [1.54, 1.807) is 0 Å². The third kappa shape index (κ3) is 5.62. The van der Waals surface area contributed by atoms with Crippen LogP contribution in [-0.4, -0.2) is 87.5 Å². The van der Waals surface area contributed by atoms with E-state index in [1.165, 1.54) is 12.8 Å². The van der Waals surface area contributed by atoms with Gasteiger partial charge < -0.3 is 19.7 Å². The first kappa shape index (κ1) is 18.5. The van der Waals surface area contributed by atoms with Gasteiger partial charge in [-0.1, -0.05) is 13.8 Å². The van der Waals surface area contributed by atoms with E-state index in [0.717, 1.165) is 51.7 Å². The van der Waals surface area contributed by atoms with Crippen molar-refractivity contribution in [1.29, 1.82) is 0 Å². The molecule has 2 aliphatic rings. The van der Waals surface area contributed by atoms with Crippen molar-refractivity contribution in [3.05, 3.63) is 0 Å². The lowest BCUT2D eigenvalue weighted by molar-refractivity contribution is 0.0190. The van der Waals surface area contributed by atoms with Gasteiger partial charge in [-0.15, -0.1) is 0 Å². The number of hydrogen-bond donors (Lipinski definition) is 1. The Kier molecular flexibility index (Phi) is 8.12. The minimum absolute atomic E-state index is 0.308. The van der Waals surface area contributed by atoms with Gasteiger partial charge in [0.15, 0.2) is 5.96 Å². The summed E-state index contributed by atoms with van der Waals surface area (Å²) >= 11 is 0. The molecule has 2 heterocycles. The number of nitrogens with zero attached hydrogens (tertiary/aromatic N) is 3. The van der Waals surface area contributed by atoms with Crippen molar-refractivity contribution in [3.63, 3.8) is 0 Å². The van der Waals surface area contributed by atoms with Gasteiger partial charge in [-0.25, -0.2) is 0 Å². The topological polar surface area (TPSA) is 49.3 Å². The number of nitrogens with one attached hydrogen (secondary N) is 1. The fourth-order valence-corrected chi connectivity index (χ4v) is 3.53. The molecule has 0 aromatic carbocycles. The van der Waals surface area contributed by atoms with Crippen molar-refractivity contribution in [1.82, 2.24) is 15.1 Å². The predicted octanol–water partition coefficient (Wildman–Crippen LogP) is 1.17. The normalized spacial score (nSPS) is 25.6. The minimum atomic E-state index is 0.308. The molecule has 2 saturated heterocycles. The van der Waals surface area contributed by atoms with E-state index in [9.17, 15) is 0 Å². The number of hydrogen-bond acceptors (Lipinski definition) is 4. The van der Waals surface area contributed by atoms with Crippen LogP contribution in [0.4, 0.5) is 0 Å². The van der Waals surface area contributed by atoms with Crippen LogP contribution in [0.2, 0.25) is 0 Å². The number of guanidine groups is 1. The molecule has 1 N–H and O–H groups in total. The monoisotopic (exact) mass is 326 g/mol. The zero-order valence-corrected chi connectivity index (χ0v) is 15.1. The molecule has 6 heteroatoms. The first-order valence-corrected chi connectivity index (χ1v) is 9.17. The lowest BCUT2D eigenvalue weighted by Crippen LogP contribution is -2.44. The van der Waals surface area contributed by atoms with Crippen LogP contribution in [-0.2, 0) is 9.47 Å². The van der Waals surface area contributed by atoms with Crippen LogP contribution in [0.15, 0.2) is 4.99 Å². The Hall–Kier alpha value is -0.850. The van der Waals surface area contributed by atoms with E-state index in [1.807, 2.05) is 7.05 Å². The van der Waals surface area contributed by atoms with Crippen molar-refractivity contribution in [2.24, 2.45) is 4.99 Å². The highest BCUT2D eigenvalue weighted by atomic mass is 16.5. The standard InChI is InChI=1S/C17H34N4O2/c1-4-20(5-2)15-8-10-21(13-15)17(18-3)19-9-12-22-14-16-7-6-11-23-16/h15-16H,4-14H2,1-3H3,(H,18,19). The Morgan fingerprint density at radius 3 is 2.83 bits per heavy atom. The minimum Gasteiger partial charge on any atom is -0.377 e. The molecule has 2 fully saturated rings. The van der Waals surface area contributed by atoms with Crippen LogP contribution in [0.25, 0.3) is 0 Å². The summed E-state index contributed by atoms with van der Waals surface area (Å²) in [5.74, 6) is 1.00. The van der Waals surface area contributed by atoms with Crippen molar-refractivity contribution in [2.45, 2.75) is 45.3 Å². The highest BCUT2D eigenvalue weighted by molar-refractivity contribution is 5.80. The zero-order chi connectivity index (χ0) is 16.5. The van der Waals surface area contributed by atoms with Crippen LogP contribution < -0.4 is 5.32 Å². The van der Waals surface area contributed by atoms with Gasteiger partial charge in [0.05, 0.1) is 19.3 Å². The fourth-order valence-electron chi connectivity index (χ4n) is 3.53. The third-order valence-corrected chi connectivity index (χ3v) is 4.86. The van der Waals surface area contributed by atoms with Gasteiger partial charge in [-0.3, -0.25) is 9.89 Å². The summed E-state index contributed by atoms with van der Waals surface area (Å²) in [6.45, 7) is 12.0. The fraction of sp³-hybridized carbons (Fsp3) is 0.941. The van der Waals surface area contributed by atoms with Gasteiger partial charge in [0.1, 0.15) is 0 Å². The average molecular weight is 326 g/mol. The summed E-state index contributed by atoms with van der Waals surface area (Å²) in [4.78, 5) is 9.33. The van der Waals surface area contributed by atoms with Gasteiger partial charge in [-0.05, 0) is 32.4 Å². The molecule has 2 aliphatic heterocycles. The lowest BCUT2D eigenvalue weighted by Gasteiger charge is -2.27. The number of aliphatic imine (C=N–C) groups is 1. The number of rotatable bonds is 8. The van der Waals surface area contributed by atoms with Crippen LogP contribution in [0, 0.1) is 0 Å². The molecule has 2 rings (SSSR count). The summed E-state index contributed by atoms with van der Waals surface area (Å²) in [7, 11) is 1.86. The van der Waals surface area contributed by atoms with E-state index < -0.39 is 0 Å². The van der Waals surface area contributed by atoms with Gasteiger partial charge in [0, 0.05) is 39.3 Å². The van der Waals surface area contributed by atoms with Crippen molar-refractivity contribution >= 4 is 5.96 Å². The summed E-state index contributed by atoms with van der Waals surface area (Å²) in [6.07, 6.45) is 3.83. The Labute approximate surface area is 141 Å². The Morgan fingerprint density at radius 1 is 1.35 bits per heavy atom. The van der Waals surface area contributed by atoms with Crippen LogP contribution in [0.5, 0.6) is 0 Å². The lowest BCUT2D eigenvalue weighted by atomic mass is 10.2. The Balaban J connectivity index is 1.63. The maximum atomic E-state index is 5.70. The predicted molar refractivity (Wildman–Crippen MR) is 94.1 cm³/mol. The van der Waals surface area contributed by atoms with Gasteiger partial charge in [-0.2, -0.15) is 0 Å². The molecule has 2 atom stereocenters. The molecule has 0 saturated carbocycles. The van der Waals surface area contributed by atoms with Gasteiger partial charge in [0.25, 0.3) is 0 Å². The molecule has 0 bridgehead atoms. The highest BCUT2D eigenvalue weighted by Crippen LogP contribution is 2.15. The molecule has 2 unspecified atom stereocenters. The first-order valence-electron chi connectivity index (χ1n) is 9.17. The third-order valence-electron chi connectivity index (χ3n) is 4.86. The average Bonchev–Trinajstić information content (AvgIpc) is 3.24. The summed E-state index contributed by atoms with van der Waals surface area (Å²) < 4.78 is 11.3. The maximum Gasteiger partial charge on any atom is 0.193 e. The molecule has 23 heavy (non-hydrogen) atoms. The highest BCUT2D eigenvalue weighted by Gasteiger charge is 2.27. The zero-order valence-electron chi connectivity index (χ0n) is 15.1. The second kappa shape index (κ2) is 10.1. The van der Waals surface area contributed by atoms with Crippen LogP contribution in [0.1, 0.15) is 33.1 Å². The first-order chi connectivity index (χ1) is 11.3. The van der Waals surface area contributed by atoms with Crippen LogP contribution in [0.3, 0.4) is 0 Å². The largest absolute Gasteiger partial charge is 0.377 e. The van der Waals surface area contributed by atoms with E-state index in [0.29, 0.717) is 25.4 Å². The SMILES string of the molecule is CCN(CC)C1CCN(C(=NC)NCCOCC2CCCO2)C1. The maximum absolute atomic E-state index is 5.70. The number of likely N-dealkylation sites (tertiary alicyclic amines) is 1. The van der Waals surface area contributed by atoms with Crippen molar-refractivity contribution < 1.29 is 9.47 Å². The molecule has 134 valence electrons. The second-order valence-electron chi connectivity index (χ2n) is 6.29. The van der Waals surface area contributed by atoms with E-state index in [2.05, 4.69) is 34.0 Å². The van der Waals surface area contributed by atoms with Crippen molar-refractivity contribution in [3.8, 4) is 0 Å². The second-order valence-corrected chi connectivity index (χ2v) is 6.29. The smallest absolute Gasteiger partial charge is 0.193 e. The van der Waals surface area contributed by atoms with Gasteiger partial charge in [0.2, 0.25) is 0 Å². The quantitative estimate of drug-likeness (QED) is 0.412. The molecular formula is C17H34N4O2. The molecule has 0 aromatic heterocycles. The Morgan fingerprint density at radius 2 is 2.17 bits per heavy atom. The van der Waals surface area contributed by atoms with E-state index in [-0.39, 0.29) is 0 Å². The molecule has 0 aliphatic carbocycles. The van der Waals surface area contributed by atoms with E-state index >= 15 is 0 Å². The molecule has 0 amide bonds. The summed E-state index contributed by atoms with van der Waals surface area (Å²) in [5.41, 5.74) is 0.